The summed E-state index contributed by atoms with van der Waals surface area (Å²) in [6.07, 6.45) is 0. The van der Waals surface area contributed by atoms with Crippen molar-refractivity contribution in [3.05, 3.63) is 87.6 Å². The molecular formula is C23H22N2O3S. The summed E-state index contributed by atoms with van der Waals surface area (Å²) in [5.74, 6) is 0.161. The number of ether oxygens (including phenoxy) is 1. The molecule has 6 heteroatoms. The van der Waals surface area contributed by atoms with Crippen molar-refractivity contribution in [3.63, 3.8) is 0 Å². The van der Waals surface area contributed by atoms with Crippen molar-refractivity contribution < 1.29 is 14.3 Å². The van der Waals surface area contributed by atoms with Gasteiger partial charge in [-0.1, -0.05) is 36.4 Å². The van der Waals surface area contributed by atoms with E-state index in [9.17, 15) is 9.59 Å². The first-order valence-corrected chi connectivity index (χ1v) is 10.3. The van der Waals surface area contributed by atoms with Gasteiger partial charge in [0, 0.05) is 24.0 Å². The number of carbonyl (C=O) groups excluding carboxylic acids is 2. The van der Waals surface area contributed by atoms with Gasteiger partial charge in [0.1, 0.15) is 5.75 Å². The van der Waals surface area contributed by atoms with Gasteiger partial charge in [-0.2, -0.15) is 0 Å². The third kappa shape index (κ3) is 3.63. The number of benzene rings is 2. The molecule has 1 aliphatic rings. The number of hydrogen-bond acceptors (Lipinski definition) is 4. The summed E-state index contributed by atoms with van der Waals surface area (Å²) in [5, 5.41) is 5.03. The van der Waals surface area contributed by atoms with Crippen LogP contribution < -0.4 is 10.1 Å². The van der Waals surface area contributed by atoms with E-state index >= 15 is 0 Å². The highest BCUT2D eigenvalue weighted by molar-refractivity contribution is 7.10. The van der Waals surface area contributed by atoms with Gasteiger partial charge < -0.3 is 15.0 Å². The molecule has 2 atom stereocenters. The van der Waals surface area contributed by atoms with Gasteiger partial charge in [0.15, 0.2) is 0 Å². The molecule has 29 heavy (non-hydrogen) atoms. The van der Waals surface area contributed by atoms with Crippen LogP contribution in [0.5, 0.6) is 5.75 Å². The molecule has 0 bridgehead atoms. The summed E-state index contributed by atoms with van der Waals surface area (Å²) in [6, 6.07) is 18.6. The Labute approximate surface area is 173 Å². The Kier molecular flexibility index (Phi) is 5.36. The normalized spacial score (nSPS) is 18.3. The fraction of sp³-hybridized carbons (Fsp3) is 0.217. The molecule has 2 amide bonds. The third-order valence-corrected chi connectivity index (χ3v) is 6.27. The van der Waals surface area contributed by atoms with E-state index in [1.807, 2.05) is 60.0 Å². The van der Waals surface area contributed by atoms with Gasteiger partial charge in [-0.25, -0.2) is 0 Å². The SMILES string of the molecule is COc1ccc(CNC(=O)[C@@H]2c3ccccc3C(=O)N(C)[C@H]2c2cccs2)cc1. The second-order valence-corrected chi connectivity index (χ2v) is 7.99. The Hall–Kier alpha value is -3.12. The fourth-order valence-electron chi connectivity index (χ4n) is 3.81. The molecule has 0 fully saturated rings. The van der Waals surface area contributed by atoms with Crippen molar-refractivity contribution in [2.24, 2.45) is 0 Å². The van der Waals surface area contributed by atoms with Gasteiger partial charge in [-0.05, 0) is 40.8 Å². The van der Waals surface area contributed by atoms with Crippen molar-refractivity contribution >= 4 is 23.2 Å². The third-order valence-electron chi connectivity index (χ3n) is 5.32. The molecule has 0 spiro atoms. The van der Waals surface area contributed by atoms with Crippen molar-refractivity contribution in [1.82, 2.24) is 10.2 Å². The minimum atomic E-state index is -0.467. The molecule has 1 aliphatic heterocycles. The summed E-state index contributed by atoms with van der Waals surface area (Å²) in [4.78, 5) is 28.9. The van der Waals surface area contributed by atoms with Gasteiger partial charge in [0.05, 0.1) is 19.1 Å². The quantitative estimate of drug-likeness (QED) is 0.697. The lowest BCUT2D eigenvalue weighted by Gasteiger charge is -2.39. The van der Waals surface area contributed by atoms with Gasteiger partial charge in [-0.3, -0.25) is 9.59 Å². The van der Waals surface area contributed by atoms with E-state index in [0.717, 1.165) is 21.8 Å². The van der Waals surface area contributed by atoms with E-state index in [0.29, 0.717) is 12.1 Å². The lowest BCUT2D eigenvalue weighted by atomic mass is 9.81. The zero-order valence-electron chi connectivity index (χ0n) is 16.3. The molecule has 0 unspecified atom stereocenters. The second kappa shape index (κ2) is 8.09. The first-order chi connectivity index (χ1) is 14.1. The maximum absolute atomic E-state index is 13.3. The van der Waals surface area contributed by atoms with E-state index in [1.54, 1.807) is 36.5 Å². The number of hydrogen-bond donors (Lipinski definition) is 1. The van der Waals surface area contributed by atoms with Crippen LogP contribution in [0.3, 0.4) is 0 Å². The second-order valence-electron chi connectivity index (χ2n) is 7.01. The van der Waals surface area contributed by atoms with Crippen molar-refractivity contribution in [1.29, 1.82) is 0 Å². The largest absolute Gasteiger partial charge is 0.497 e. The molecule has 4 rings (SSSR count). The number of methoxy groups -OCH3 is 1. The molecule has 2 heterocycles. The number of rotatable bonds is 5. The zero-order chi connectivity index (χ0) is 20.4. The number of thiophene rings is 1. The zero-order valence-corrected chi connectivity index (χ0v) is 17.1. The van der Waals surface area contributed by atoms with Crippen LogP contribution in [-0.2, 0) is 11.3 Å². The van der Waals surface area contributed by atoms with Crippen LogP contribution in [0.25, 0.3) is 0 Å². The van der Waals surface area contributed by atoms with Gasteiger partial charge in [-0.15, -0.1) is 11.3 Å². The van der Waals surface area contributed by atoms with Gasteiger partial charge in [0.25, 0.3) is 5.91 Å². The van der Waals surface area contributed by atoms with E-state index in [1.165, 1.54) is 0 Å². The Morgan fingerprint density at radius 2 is 1.86 bits per heavy atom. The van der Waals surface area contributed by atoms with E-state index in [2.05, 4.69) is 5.32 Å². The van der Waals surface area contributed by atoms with Crippen LogP contribution in [-0.4, -0.2) is 30.9 Å². The maximum Gasteiger partial charge on any atom is 0.254 e. The molecule has 5 nitrogen and oxygen atoms in total. The highest BCUT2D eigenvalue weighted by Crippen LogP contribution is 2.43. The molecule has 1 aromatic heterocycles. The molecule has 0 saturated carbocycles. The number of fused-ring (bicyclic) bond motifs is 1. The number of carbonyl (C=O) groups is 2. The van der Waals surface area contributed by atoms with Crippen molar-refractivity contribution in [2.75, 3.05) is 14.2 Å². The molecular weight excluding hydrogens is 384 g/mol. The number of amides is 2. The fourth-order valence-corrected chi connectivity index (χ4v) is 4.72. The van der Waals surface area contributed by atoms with Crippen LogP contribution in [0.2, 0.25) is 0 Å². The monoisotopic (exact) mass is 406 g/mol. The predicted octanol–water partition coefficient (Wildman–Crippen LogP) is 3.98. The smallest absolute Gasteiger partial charge is 0.254 e. The van der Waals surface area contributed by atoms with Crippen LogP contribution in [0, 0.1) is 0 Å². The lowest BCUT2D eigenvalue weighted by molar-refractivity contribution is -0.124. The summed E-state index contributed by atoms with van der Waals surface area (Å²) >= 11 is 1.56. The molecule has 148 valence electrons. The van der Waals surface area contributed by atoms with Crippen LogP contribution >= 0.6 is 11.3 Å². The summed E-state index contributed by atoms with van der Waals surface area (Å²) < 4.78 is 5.18. The topological polar surface area (TPSA) is 58.6 Å². The molecule has 0 aliphatic carbocycles. The standard InChI is InChI=1S/C23H22N2O3S/c1-25-21(19-8-5-13-29-19)20(17-6-3-4-7-18(17)23(25)27)22(26)24-14-15-9-11-16(28-2)12-10-15/h3-13,20-21H,14H2,1-2H3,(H,24,26)/t20-,21+/m1/s1. The van der Waals surface area contributed by atoms with Gasteiger partial charge in [0.2, 0.25) is 5.91 Å². The van der Waals surface area contributed by atoms with E-state index in [-0.39, 0.29) is 17.9 Å². The first-order valence-electron chi connectivity index (χ1n) is 9.40. The minimum absolute atomic E-state index is 0.0572. The average Bonchev–Trinajstić information content (AvgIpc) is 3.29. The number of likely N-dealkylation sites (N-methyl/N-ethyl adjacent to an activating group) is 1. The number of nitrogens with one attached hydrogen (secondary N) is 1. The minimum Gasteiger partial charge on any atom is -0.497 e. The van der Waals surface area contributed by atoms with Crippen molar-refractivity contribution in [3.8, 4) is 5.75 Å². The molecule has 0 radical (unpaired) electrons. The van der Waals surface area contributed by atoms with E-state index in [4.69, 9.17) is 4.74 Å². The summed E-state index contributed by atoms with van der Waals surface area (Å²) in [7, 11) is 3.40. The molecule has 1 N–H and O–H groups in total. The Morgan fingerprint density at radius 3 is 2.55 bits per heavy atom. The molecule has 0 saturated heterocycles. The Morgan fingerprint density at radius 1 is 1.10 bits per heavy atom. The van der Waals surface area contributed by atoms with E-state index < -0.39 is 5.92 Å². The lowest BCUT2D eigenvalue weighted by Crippen LogP contribution is -2.45. The Bertz CT molecular complexity index is 1010. The molecule has 3 aromatic rings. The highest BCUT2D eigenvalue weighted by atomic mass is 32.1. The van der Waals surface area contributed by atoms with Crippen molar-refractivity contribution in [2.45, 2.75) is 18.5 Å². The van der Waals surface area contributed by atoms with Crippen LogP contribution in [0.4, 0.5) is 0 Å². The predicted molar refractivity (Wildman–Crippen MR) is 113 cm³/mol. The highest BCUT2D eigenvalue weighted by Gasteiger charge is 2.42. The first kappa shape index (κ1) is 19.2. The average molecular weight is 407 g/mol. The van der Waals surface area contributed by atoms with Gasteiger partial charge >= 0.3 is 0 Å². The Balaban J connectivity index is 1.64. The van der Waals surface area contributed by atoms with Crippen LogP contribution in [0.1, 0.15) is 38.3 Å². The maximum atomic E-state index is 13.3. The summed E-state index contributed by atoms with van der Waals surface area (Å²) in [6.45, 7) is 0.413. The summed E-state index contributed by atoms with van der Waals surface area (Å²) in [5.41, 5.74) is 2.36. The molecule has 2 aromatic carbocycles. The van der Waals surface area contributed by atoms with Crippen LogP contribution in [0.15, 0.2) is 66.0 Å². The number of nitrogens with zero attached hydrogens (tertiary/aromatic N) is 1.